The number of benzene rings is 1. The summed E-state index contributed by atoms with van der Waals surface area (Å²) in [5, 5.41) is 0. The third kappa shape index (κ3) is 4.35. The van der Waals surface area contributed by atoms with E-state index >= 15 is 0 Å². The first-order valence-electron chi connectivity index (χ1n) is 5.29. The molecule has 0 N–H and O–H groups in total. The van der Waals surface area contributed by atoms with E-state index in [-0.39, 0.29) is 18.6 Å². The van der Waals surface area contributed by atoms with E-state index < -0.39 is 23.9 Å². The lowest BCUT2D eigenvalue weighted by Gasteiger charge is -2.09. The number of halogens is 4. The lowest BCUT2D eigenvalue weighted by atomic mass is 10.1. The minimum atomic E-state index is -4.51. The van der Waals surface area contributed by atoms with Crippen molar-refractivity contribution in [3.63, 3.8) is 0 Å². The lowest BCUT2D eigenvalue weighted by Crippen LogP contribution is -2.11. The molecule has 100 valence electrons. The molecular weight excluding hydrogens is 252 g/mol. The molecule has 0 aliphatic rings. The Labute approximate surface area is 102 Å². The Morgan fingerprint density at radius 2 is 2.06 bits per heavy atom. The van der Waals surface area contributed by atoms with Crippen molar-refractivity contribution in [3.8, 4) is 0 Å². The highest BCUT2D eigenvalue weighted by molar-refractivity contribution is 5.89. The van der Waals surface area contributed by atoms with E-state index in [2.05, 4.69) is 4.74 Å². The molecule has 0 aliphatic heterocycles. The summed E-state index contributed by atoms with van der Waals surface area (Å²) in [6.07, 6.45) is -5.62. The van der Waals surface area contributed by atoms with Crippen molar-refractivity contribution in [1.29, 1.82) is 0 Å². The maximum absolute atomic E-state index is 12.4. The molecule has 2 nitrogen and oxygen atoms in total. The fourth-order valence-corrected chi connectivity index (χ4v) is 1.22. The van der Waals surface area contributed by atoms with Crippen molar-refractivity contribution in [3.05, 3.63) is 35.4 Å². The summed E-state index contributed by atoms with van der Waals surface area (Å²) < 4.78 is 54.3. The average Bonchev–Trinajstić information content (AvgIpc) is 2.27. The van der Waals surface area contributed by atoms with Gasteiger partial charge in [0.1, 0.15) is 6.17 Å². The van der Waals surface area contributed by atoms with Crippen molar-refractivity contribution in [2.24, 2.45) is 0 Å². The van der Waals surface area contributed by atoms with Gasteiger partial charge in [0.05, 0.1) is 17.7 Å². The lowest BCUT2D eigenvalue weighted by molar-refractivity contribution is -0.137. The Kier molecular flexibility index (Phi) is 4.69. The van der Waals surface area contributed by atoms with Gasteiger partial charge in [-0.05, 0) is 25.1 Å². The van der Waals surface area contributed by atoms with Crippen LogP contribution in [-0.4, -0.2) is 18.7 Å². The van der Waals surface area contributed by atoms with E-state index in [4.69, 9.17) is 0 Å². The molecule has 1 aromatic carbocycles. The van der Waals surface area contributed by atoms with Crippen LogP contribution in [0, 0.1) is 0 Å². The van der Waals surface area contributed by atoms with Crippen LogP contribution < -0.4 is 0 Å². The number of rotatable bonds is 4. The van der Waals surface area contributed by atoms with Gasteiger partial charge in [0, 0.05) is 6.42 Å². The molecule has 1 rings (SSSR count). The van der Waals surface area contributed by atoms with Gasteiger partial charge in [-0.1, -0.05) is 6.07 Å². The minimum absolute atomic E-state index is 0.0186. The smallest absolute Gasteiger partial charge is 0.416 e. The molecule has 0 radical (unpaired) electrons. The molecule has 0 saturated heterocycles. The topological polar surface area (TPSA) is 26.3 Å². The van der Waals surface area contributed by atoms with Gasteiger partial charge in [-0.3, -0.25) is 0 Å². The summed E-state index contributed by atoms with van der Waals surface area (Å²) in [7, 11) is 0. The second-order valence-electron chi connectivity index (χ2n) is 3.78. The first-order valence-corrected chi connectivity index (χ1v) is 5.29. The molecule has 1 aromatic rings. The average molecular weight is 264 g/mol. The number of hydrogen-bond donors (Lipinski definition) is 0. The van der Waals surface area contributed by atoms with Crippen molar-refractivity contribution in [2.75, 3.05) is 6.61 Å². The van der Waals surface area contributed by atoms with E-state index in [0.29, 0.717) is 6.07 Å². The molecule has 1 unspecified atom stereocenters. The number of carbonyl (C=O) groups excluding carboxylic acids is 1. The Morgan fingerprint density at radius 3 is 2.61 bits per heavy atom. The molecule has 0 fully saturated rings. The fourth-order valence-electron chi connectivity index (χ4n) is 1.22. The predicted molar refractivity (Wildman–Crippen MR) is 56.9 cm³/mol. The zero-order valence-electron chi connectivity index (χ0n) is 9.63. The standard InChI is InChI=1S/C12H12F4O2/c1-8(13)5-6-18-11(17)9-3-2-4-10(7-9)12(14,15)16/h2-4,7-8H,5-6H2,1H3. The van der Waals surface area contributed by atoms with E-state index in [1.54, 1.807) is 0 Å². The third-order valence-corrected chi connectivity index (χ3v) is 2.17. The van der Waals surface area contributed by atoms with Gasteiger partial charge >= 0.3 is 12.1 Å². The van der Waals surface area contributed by atoms with Crippen molar-refractivity contribution < 1.29 is 27.1 Å². The fraction of sp³-hybridized carbons (Fsp3) is 0.417. The van der Waals surface area contributed by atoms with Gasteiger partial charge in [-0.2, -0.15) is 13.2 Å². The number of esters is 1. The summed E-state index contributed by atoms with van der Waals surface area (Å²) in [5.74, 6) is -0.887. The second kappa shape index (κ2) is 5.84. The first kappa shape index (κ1) is 14.5. The molecular formula is C12H12F4O2. The van der Waals surface area contributed by atoms with Gasteiger partial charge in [0.15, 0.2) is 0 Å². The number of hydrogen-bond acceptors (Lipinski definition) is 2. The molecule has 0 heterocycles. The number of alkyl halides is 4. The summed E-state index contributed by atoms with van der Waals surface area (Å²) >= 11 is 0. The number of carbonyl (C=O) groups is 1. The summed E-state index contributed by atoms with van der Waals surface area (Å²) in [4.78, 5) is 11.4. The van der Waals surface area contributed by atoms with Gasteiger partial charge in [0.2, 0.25) is 0 Å². The molecule has 0 aliphatic carbocycles. The van der Waals surface area contributed by atoms with E-state index in [0.717, 1.165) is 12.1 Å². The maximum Gasteiger partial charge on any atom is 0.416 e. The molecule has 1 atom stereocenters. The quantitative estimate of drug-likeness (QED) is 0.613. The van der Waals surface area contributed by atoms with E-state index in [1.165, 1.54) is 13.0 Å². The van der Waals surface area contributed by atoms with Crippen LogP contribution in [0.15, 0.2) is 24.3 Å². The molecule has 0 saturated carbocycles. The highest BCUT2D eigenvalue weighted by Gasteiger charge is 2.31. The van der Waals surface area contributed by atoms with Gasteiger partial charge in [0.25, 0.3) is 0 Å². The zero-order valence-corrected chi connectivity index (χ0v) is 9.63. The Morgan fingerprint density at radius 1 is 1.39 bits per heavy atom. The van der Waals surface area contributed by atoms with Crippen LogP contribution in [0.4, 0.5) is 17.6 Å². The third-order valence-electron chi connectivity index (χ3n) is 2.17. The molecule has 6 heteroatoms. The summed E-state index contributed by atoms with van der Waals surface area (Å²) in [6.45, 7) is 1.14. The highest BCUT2D eigenvalue weighted by Crippen LogP contribution is 2.29. The van der Waals surface area contributed by atoms with E-state index in [9.17, 15) is 22.4 Å². The van der Waals surface area contributed by atoms with Crippen LogP contribution in [0.1, 0.15) is 29.3 Å². The molecule has 18 heavy (non-hydrogen) atoms. The van der Waals surface area contributed by atoms with Crippen LogP contribution in [0.3, 0.4) is 0 Å². The Balaban J connectivity index is 2.69. The SMILES string of the molecule is CC(F)CCOC(=O)c1cccc(C(F)(F)F)c1. The largest absolute Gasteiger partial charge is 0.462 e. The second-order valence-corrected chi connectivity index (χ2v) is 3.78. The predicted octanol–water partition coefficient (Wildman–Crippen LogP) is 3.61. The molecule has 0 bridgehead atoms. The number of ether oxygens (including phenoxy) is 1. The molecule has 0 spiro atoms. The monoisotopic (exact) mass is 264 g/mol. The van der Waals surface area contributed by atoms with Gasteiger partial charge in [-0.25, -0.2) is 9.18 Å². The minimum Gasteiger partial charge on any atom is -0.462 e. The normalized spacial score (nSPS) is 13.2. The Hall–Kier alpha value is -1.59. The van der Waals surface area contributed by atoms with Crippen LogP contribution >= 0.6 is 0 Å². The van der Waals surface area contributed by atoms with Crippen LogP contribution in [0.2, 0.25) is 0 Å². The molecule has 0 amide bonds. The van der Waals surface area contributed by atoms with Crippen LogP contribution in [-0.2, 0) is 10.9 Å². The van der Waals surface area contributed by atoms with Crippen LogP contribution in [0.5, 0.6) is 0 Å². The molecule has 0 aromatic heterocycles. The summed E-state index contributed by atoms with van der Waals surface area (Å²) in [6, 6.07) is 3.91. The zero-order chi connectivity index (χ0) is 13.8. The maximum atomic E-state index is 12.4. The van der Waals surface area contributed by atoms with Gasteiger partial charge in [-0.15, -0.1) is 0 Å². The van der Waals surface area contributed by atoms with Crippen molar-refractivity contribution in [2.45, 2.75) is 25.7 Å². The highest BCUT2D eigenvalue weighted by atomic mass is 19.4. The van der Waals surface area contributed by atoms with Crippen LogP contribution in [0.25, 0.3) is 0 Å². The van der Waals surface area contributed by atoms with E-state index in [1.807, 2.05) is 0 Å². The van der Waals surface area contributed by atoms with Crippen molar-refractivity contribution in [1.82, 2.24) is 0 Å². The van der Waals surface area contributed by atoms with Gasteiger partial charge < -0.3 is 4.74 Å². The Bertz CT molecular complexity index is 413. The first-order chi connectivity index (χ1) is 8.30. The van der Waals surface area contributed by atoms with Crippen molar-refractivity contribution >= 4 is 5.97 Å². The summed E-state index contributed by atoms with van der Waals surface area (Å²) in [5.41, 5.74) is -1.12.